The molecule has 0 saturated heterocycles. The standard InChI is InChI=1S/C55H31N3O2/c59-55-43-17-5-4-14-36(43)39-19-10-20-40-44-30-32(24-28-48(44)58(55)52(39)40)35-18-11-23-50-51(35)45-31-34(25-29-49(45)60-50)57-47-22-9-7-16-38(47)42-27-26-41-37-15-6-8-21-46(37)56(53(41)54(42)57)33-12-2-1-3-13-33/h1-31H. The van der Waals surface area contributed by atoms with Crippen molar-refractivity contribution in [3.05, 3.63) is 198 Å². The van der Waals surface area contributed by atoms with Gasteiger partial charge in [-0.15, -0.1) is 0 Å². The second kappa shape index (κ2) is 11.5. The largest absolute Gasteiger partial charge is 0.456 e. The number of benzene rings is 9. The molecule has 0 aliphatic carbocycles. The van der Waals surface area contributed by atoms with Crippen LogP contribution in [0.1, 0.15) is 0 Å². The third-order valence-corrected chi connectivity index (χ3v) is 13.0. The number of hydrogen-bond acceptors (Lipinski definition) is 2. The van der Waals surface area contributed by atoms with E-state index in [2.05, 4.69) is 179 Å². The van der Waals surface area contributed by atoms with Gasteiger partial charge < -0.3 is 13.6 Å². The lowest BCUT2D eigenvalue weighted by Crippen LogP contribution is -2.12. The molecule has 0 saturated carbocycles. The molecule has 278 valence electrons. The van der Waals surface area contributed by atoms with Gasteiger partial charge in [-0.05, 0) is 83.2 Å². The minimum absolute atomic E-state index is 0.0129. The summed E-state index contributed by atoms with van der Waals surface area (Å²) in [5, 5.41) is 11.9. The third kappa shape index (κ3) is 4.03. The molecule has 0 spiro atoms. The number of aromatic nitrogens is 3. The van der Waals surface area contributed by atoms with Gasteiger partial charge in [0.25, 0.3) is 5.56 Å². The van der Waals surface area contributed by atoms with Crippen molar-refractivity contribution in [2.45, 2.75) is 0 Å². The fourth-order valence-corrected chi connectivity index (χ4v) is 10.5. The van der Waals surface area contributed by atoms with Crippen molar-refractivity contribution >= 4 is 104 Å². The summed E-state index contributed by atoms with van der Waals surface area (Å²) in [7, 11) is 0. The van der Waals surface area contributed by atoms with Crippen molar-refractivity contribution < 1.29 is 4.42 Å². The zero-order valence-corrected chi connectivity index (χ0v) is 32.1. The lowest BCUT2D eigenvalue weighted by molar-refractivity contribution is 0.669. The summed E-state index contributed by atoms with van der Waals surface area (Å²) < 4.78 is 13.4. The van der Waals surface area contributed by atoms with Crippen LogP contribution in [0.4, 0.5) is 0 Å². The maximum atomic E-state index is 14.1. The summed E-state index contributed by atoms with van der Waals surface area (Å²) in [5.74, 6) is 0. The smallest absolute Gasteiger partial charge is 0.263 e. The number of para-hydroxylation sites is 4. The molecule has 14 aromatic rings. The van der Waals surface area contributed by atoms with Crippen LogP contribution in [0.5, 0.6) is 0 Å². The fraction of sp³-hybridized carbons (Fsp3) is 0. The van der Waals surface area contributed by atoms with Crippen LogP contribution in [0.15, 0.2) is 197 Å². The monoisotopic (exact) mass is 765 g/mol. The number of fused-ring (bicyclic) bond motifs is 15. The van der Waals surface area contributed by atoms with Gasteiger partial charge in [-0.1, -0.05) is 121 Å². The van der Waals surface area contributed by atoms with E-state index in [1.165, 1.54) is 32.6 Å². The third-order valence-electron chi connectivity index (χ3n) is 13.0. The molecule has 9 aromatic carbocycles. The van der Waals surface area contributed by atoms with Gasteiger partial charge in [-0.2, -0.15) is 0 Å². The minimum Gasteiger partial charge on any atom is -0.456 e. The number of hydrogen-bond donors (Lipinski definition) is 0. The molecule has 0 unspecified atom stereocenters. The normalized spacial score (nSPS) is 12.4. The maximum Gasteiger partial charge on any atom is 0.263 e. The van der Waals surface area contributed by atoms with Crippen molar-refractivity contribution in [1.82, 2.24) is 13.5 Å². The van der Waals surface area contributed by atoms with Crippen molar-refractivity contribution in [2.75, 3.05) is 0 Å². The first kappa shape index (κ1) is 31.9. The topological polar surface area (TPSA) is 44.5 Å². The molecule has 0 N–H and O–H groups in total. The summed E-state index contributed by atoms with van der Waals surface area (Å²) in [4.78, 5) is 14.1. The van der Waals surface area contributed by atoms with Crippen LogP contribution in [-0.2, 0) is 0 Å². The van der Waals surface area contributed by atoms with Gasteiger partial charge >= 0.3 is 0 Å². The number of nitrogens with zero attached hydrogens (tertiary/aromatic N) is 3. The Balaban J connectivity index is 1.05. The number of furan rings is 1. The molecule has 0 aliphatic rings. The highest BCUT2D eigenvalue weighted by Crippen LogP contribution is 2.44. The first-order valence-corrected chi connectivity index (χ1v) is 20.4. The Bertz CT molecular complexity index is 4200. The Hall–Kier alpha value is -8.15. The van der Waals surface area contributed by atoms with Gasteiger partial charge in [0.15, 0.2) is 0 Å². The summed E-state index contributed by atoms with van der Waals surface area (Å²) in [6, 6.07) is 66.6. The van der Waals surface area contributed by atoms with E-state index in [1.807, 2.05) is 22.6 Å². The van der Waals surface area contributed by atoms with Crippen LogP contribution < -0.4 is 5.56 Å². The Morgan fingerprint density at radius 2 is 0.950 bits per heavy atom. The van der Waals surface area contributed by atoms with Crippen molar-refractivity contribution in [3.8, 4) is 22.5 Å². The fourth-order valence-electron chi connectivity index (χ4n) is 10.5. The van der Waals surface area contributed by atoms with Crippen molar-refractivity contribution in [2.24, 2.45) is 0 Å². The first-order chi connectivity index (χ1) is 29.7. The SMILES string of the molecule is O=c1c2ccccc2c2cccc3c4cc(-c5cccc6oc7ccc(-n8c9ccccc9c9ccc%10c%11ccccc%11n(-c%11ccccc%11)c%10c98)cc7c56)ccc4n1c23. The maximum absolute atomic E-state index is 14.1. The second-order valence-electron chi connectivity index (χ2n) is 16.0. The van der Waals surface area contributed by atoms with Gasteiger partial charge in [0.2, 0.25) is 0 Å². The molecule has 5 heterocycles. The van der Waals surface area contributed by atoms with Crippen LogP contribution in [0.2, 0.25) is 0 Å². The minimum atomic E-state index is 0.0129. The first-order valence-electron chi connectivity index (χ1n) is 20.4. The van der Waals surface area contributed by atoms with Crippen molar-refractivity contribution in [1.29, 1.82) is 0 Å². The van der Waals surface area contributed by atoms with Gasteiger partial charge in [0.05, 0.1) is 33.1 Å². The Morgan fingerprint density at radius 3 is 1.70 bits per heavy atom. The van der Waals surface area contributed by atoms with Crippen LogP contribution in [0.25, 0.3) is 126 Å². The van der Waals surface area contributed by atoms with E-state index in [0.29, 0.717) is 0 Å². The van der Waals surface area contributed by atoms with Gasteiger partial charge in [-0.3, -0.25) is 9.20 Å². The molecule has 60 heavy (non-hydrogen) atoms. The summed E-state index contributed by atoms with van der Waals surface area (Å²) >= 11 is 0. The van der Waals surface area contributed by atoms with Crippen LogP contribution >= 0.6 is 0 Å². The molecule has 0 fully saturated rings. The van der Waals surface area contributed by atoms with E-state index in [-0.39, 0.29) is 5.56 Å². The summed E-state index contributed by atoms with van der Waals surface area (Å²) in [6.07, 6.45) is 0. The van der Waals surface area contributed by atoms with Crippen LogP contribution in [0, 0.1) is 0 Å². The molecule has 0 radical (unpaired) electrons. The Labute approximate surface area is 341 Å². The molecule has 0 aliphatic heterocycles. The number of rotatable bonds is 3. The molecule has 5 heteroatoms. The van der Waals surface area contributed by atoms with Gasteiger partial charge in [-0.25, -0.2) is 0 Å². The summed E-state index contributed by atoms with van der Waals surface area (Å²) in [6.45, 7) is 0. The zero-order chi connectivity index (χ0) is 39.2. The average molecular weight is 766 g/mol. The second-order valence-corrected chi connectivity index (χ2v) is 16.0. The molecule has 14 rings (SSSR count). The predicted octanol–water partition coefficient (Wildman–Crippen LogP) is 14.0. The van der Waals surface area contributed by atoms with E-state index in [0.717, 1.165) is 93.4 Å². The van der Waals surface area contributed by atoms with E-state index >= 15 is 0 Å². The van der Waals surface area contributed by atoms with Gasteiger partial charge in [0.1, 0.15) is 11.2 Å². The molecule has 0 amide bonds. The lowest BCUT2D eigenvalue weighted by atomic mass is 9.97. The molecule has 5 nitrogen and oxygen atoms in total. The summed E-state index contributed by atoms with van der Waals surface area (Å²) in [5.41, 5.74) is 12.6. The Morgan fingerprint density at radius 1 is 0.350 bits per heavy atom. The molecular weight excluding hydrogens is 735 g/mol. The predicted molar refractivity (Wildman–Crippen MR) is 249 cm³/mol. The molecule has 0 bridgehead atoms. The van der Waals surface area contributed by atoms with E-state index < -0.39 is 0 Å². The van der Waals surface area contributed by atoms with Crippen LogP contribution in [-0.4, -0.2) is 13.5 Å². The molecule has 0 atom stereocenters. The zero-order valence-electron chi connectivity index (χ0n) is 32.1. The number of pyridine rings is 1. The lowest BCUT2D eigenvalue weighted by Gasteiger charge is -2.13. The quantitative estimate of drug-likeness (QED) is 0.168. The van der Waals surface area contributed by atoms with Crippen molar-refractivity contribution in [3.63, 3.8) is 0 Å². The van der Waals surface area contributed by atoms with Crippen LogP contribution in [0.3, 0.4) is 0 Å². The highest BCUT2D eigenvalue weighted by Gasteiger charge is 2.23. The van der Waals surface area contributed by atoms with E-state index in [9.17, 15) is 4.79 Å². The van der Waals surface area contributed by atoms with Gasteiger partial charge in [0, 0.05) is 65.2 Å². The average Bonchev–Trinajstić information content (AvgIpc) is 4.05. The highest BCUT2D eigenvalue weighted by molar-refractivity contribution is 6.25. The molecule has 5 aromatic heterocycles. The van der Waals surface area contributed by atoms with E-state index in [1.54, 1.807) is 0 Å². The molecular formula is C55H31N3O2. The highest BCUT2D eigenvalue weighted by atomic mass is 16.3. The van der Waals surface area contributed by atoms with E-state index in [4.69, 9.17) is 4.42 Å². The Kier molecular flexibility index (Phi) is 6.11.